The summed E-state index contributed by atoms with van der Waals surface area (Å²) < 4.78 is 4.93. The van der Waals surface area contributed by atoms with E-state index in [1.165, 1.54) is 18.5 Å². The molecule has 3 rings (SSSR count). The van der Waals surface area contributed by atoms with Gasteiger partial charge in [0.1, 0.15) is 0 Å². The molecular weight excluding hydrogens is 330 g/mol. The maximum atomic E-state index is 12.1. The number of amides is 2. The van der Waals surface area contributed by atoms with Crippen LogP contribution < -0.4 is 15.5 Å². The van der Waals surface area contributed by atoms with Crippen molar-refractivity contribution >= 4 is 29.1 Å². The number of rotatable bonds is 5. The lowest BCUT2D eigenvalue weighted by molar-refractivity contribution is 0.0526. The molecule has 0 aromatic heterocycles. The topological polar surface area (TPSA) is 70.7 Å². The van der Waals surface area contributed by atoms with E-state index in [0.717, 1.165) is 18.8 Å². The lowest BCUT2D eigenvalue weighted by atomic mass is 10.2. The van der Waals surface area contributed by atoms with Crippen molar-refractivity contribution in [3.8, 4) is 0 Å². The molecule has 0 bridgehead atoms. The number of carbonyl (C=O) groups excluding carboxylic acids is 2. The Morgan fingerprint density at radius 2 is 1.46 bits per heavy atom. The van der Waals surface area contributed by atoms with Gasteiger partial charge in [0.25, 0.3) is 0 Å². The van der Waals surface area contributed by atoms with Crippen LogP contribution in [-0.2, 0) is 4.74 Å². The Labute approximate surface area is 153 Å². The van der Waals surface area contributed by atoms with Crippen LogP contribution in [0.2, 0.25) is 0 Å². The van der Waals surface area contributed by atoms with Gasteiger partial charge in [-0.25, -0.2) is 9.59 Å². The summed E-state index contributed by atoms with van der Waals surface area (Å²) in [5, 5.41) is 5.55. The van der Waals surface area contributed by atoms with Crippen molar-refractivity contribution in [2.45, 2.75) is 19.8 Å². The van der Waals surface area contributed by atoms with E-state index < -0.39 is 0 Å². The molecule has 0 radical (unpaired) electrons. The van der Waals surface area contributed by atoms with Crippen LogP contribution in [-0.4, -0.2) is 31.7 Å². The van der Waals surface area contributed by atoms with Gasteiger partial charge in [-0.15, -0.1) is 0 Å². The van der Waals surface area contributed by atoms with Gasteiger partial charge in [-0.05, 0) is 68.3 Å². The molecule has 2 aromatic carbocycles. The molecule has 2 aromatic rings. The molecule has 1 heterocycles. The molecule has 2 amide bonds. The number of esters is 1. The fourth-order valence-electron chi connectivity index (χ4n) is 2.93. The molecule has 0 spiro atoms. The molecule has 6 heteroatoms. The highest BCUT2D eigenvalue weighted by Crippen LogP contribution is 2.22. The van der Waals surface area contributed by atoms with Crippen LogP contribution in [0.5, 0.6) is 0 Å². The van der Waals surface area contributed by atoms with Crippen molar-refractivity contribution in [3.63, 3.8) is 0 Å². The van der Waals surface area contributed by atoms with E-state index in [9.17, 15) is 9.59 Å². The Morgan fingerprint density at radius 3 is 2.00 bits per heavy atom. The molecule has 1 aliphatic heterocycles. The van der Waals surface area contributed by atoms with Crippen LogP contribution in [0.1, 0.15) is 30.1 Å². The third-order valence-corrected chi connectivity index (χ3v) is 4.25. The standard InChI is InChI=1S/C20H23N3O3/c1-2-26-19(24)15-5-7-16(8-6-15)21-20(25)22-17-9-11-18(12-10-17)23-13-3-4-14-23/h5-12H,2-4,13-14H2,1H3,(H2,21,22,25). The molecule has 136 valence electrons. The molecule has 0 unspecified atom stereocenters. The molecule has 0 aliphatic carbocycles. The van der Waals surface area contributed by atoms with Gasteiger partial charge in [0, 0.05) is 30.2 Å². The summed E-state index contributed by atoms with van der Waals surface area (Å²) in [6, 6.07) is 14.1. The van der Waals surface area contributed by atoms with Crippen molar-refractivity contribution in [2.75, 3.05) is 35.2 Å². The SMILES string of the molecule is CCOC(=O)c1ccc(NC(=O)Nc2ccc(N3CCCC3)cc2)cc1. The molecule has 6 nitrogen and oxygen atoms in total. The summed E-state index contributed by atoms with van der Waals surface area (Å²) in [6.45, 7) is 4.28. The van der Waals surface area contributed by atoms with Gasteiger partial charge in [-0.1, -0.05) is 0 Å². The van der Waals surface area contributed by atoms with Crippen LogP contribution in [0.15, 0.2) is 48.5 Å². The fourth-order valence-corrected chi connectivity index (χ4v) is 2.93. The highest BCUT2D eigenvalue weighted by molar-refractivity contribution is 6.00. The summed E-state index contributed by atoms with van der Waals surface area (Å²) in [5.74, 6) is -0.374. The number of carbonyl (C=O) groups is 2. The average Bonchev–Trinajstić information content (AvgIpc) is 3.18. The molecular formula is C20H23N3O3. The zero-order chi connectivity index (χ0) is 18.4. The molecule has 1 saturated heterocycles. The number of nitrogens with zero attached hydrogens (tertiary/aromatic N) is 1. The smallest absolute Gasteiger partial charge is 0.338 e. The average molecular weight is 353 g/mol. The Hall–Kier alpha value is -3.02. The Morgan fingerprint density at radius 1 is 0.923 bits per heavy atom. The van der Waals surface area contributed by atoms with Crippen LogP contribution in [0.3, 0.4) is 0 Å². The second kappa shape index (κ2) is 8.38. The van der Waals surface area contributed by atoms with Crippen LogP contribution >= 0.6 is 0 Å². The molecule has 1 fully saturated rings. The first-order chi connectivity index (χ1) is 12.7. The number of benzene rings is 2. The summed E-state index contributed by atoms with van der Waals surface area (Å²) in [7, 11) is 0. The number of hydrogen-bond acceptors (Lipinski definition) is 4. The Bertz CT molecular complexity index is 751. The maximum Gasteiger partial charge on any atom is 0.338 e. The molecule has 0 atom stereocenters. The van der Waals surface area contributed by atoms with Gasteiger partial charge in [0.2, 0.25) is 0 Å². The Kier molecular flexibility index (Phi) is 5.73. The van der Waals surface area contributed by atoms with Gasteiger partial charge in [0.15, 0.2) is 0 Å². The highest BCUT2D eigenvalue weighted by Gasteiger charge is 2.12. The number of urea groups is 1. The molecule has 0 saturated carbocycles. The summed E-state index contributed by atoms with van der Waals surface area (Å²) in [4.78, 5) is 26.1. The van der Waals surface area contributed by atoms with E-state index in [2.05, 4.69) is 15.5 Å². The van der Waals surface area contributed by atoms with Crippen molar-refractivity contribution < 1.29 is 14.3 Å². The number of ether oxygens (including phenoxy) is 1. The summed E-state index contributed by atoms with van der Waals surface area (Å²) in [5.41, 5.74) is 2.97. The van der Waals surface area contributed by atoms with Crippen molar-refractivity contribution in [2.24, 2.45) is 0 Å². The van der Waals surface area contributed by atoms with Gasteiger partial charge >= 0.3 is 12.0 Å². The van der Waals surface area contributed by atoms with Crippen LogP contribution in [0.25, 0.3) is 0 Å². The predicted octanol–water partition coefficient (Wildman–Crippen LogP) is 4.11. The van der Waals surface area contributed by atoms with Gasteiger partial charge in [0.05, 0.1) is 12.2 Å². The second-order valence-electron chi connectivity index (χ2n) is 6.12. The van der Waals surface area contributed by atoms with Crippen LogP contribution in [0, 0.1) is 0 Å². The first-order valence-corrected chi connectivity index (χ1v) is 8.86. The van der Waals surface area contributed by atoms with E-state index in [1.54, 1.807) is 31.2 Å². The van der Waals surface area contributed by atoms with Crippen LogP contribution in [0.4, 0.5) is 21.9 Å². The number of nitrogens with one attached hydrogen (secondary N) is 2. The maximum absolute atomic E-state index is 12.1. The minimum absolute atomic E-state index is 0.331. The predicted molar refractivity (Wildman–Crippen MR) is 103 cm³/mol. The Balaban J connectivity index is 1.54. The lowest BCUT2D eigenvalue weighted by Crippen LogP contribution is -2.20. The van der Waals surface area contributed by atoms with Gasteiger partial charge in [-0.2, -0.15) is 0 Å². The molecule has 2 N–H and O–H groups in total. The third kappa shape index (κ3) is 4.53. The molecule has 1 aliphatic rings. The minimum Gasteiger partial charge on any atom is -0.462 e. The second-order valence-corrected chi connectivity index (χ2v) is 6.12. The monoisotopic (exact) mass is 353 g/mol. The quantitative estimate of drug-likeness (QED) is 0.794. The summed E-state index contributed by atoms with van der Waals surface area (Å²) >= 11 is 0. The highest BCUT2D eigenvalue weighted by atomic mass is 16.5. The van der Waals surface area contributed by atoms with E-state index in [1.807, 2.05) is 24.3 Å². The molecule has 26 heavy (non-hydrogen) atoms. The van der Waals surface area contributed by atoms with Gasteiger partial charge < -0.3 is 20.3 Å². The first kappa shape index (κ1) is 17.8. The van der Waals surface area contributed by atoms with E-state index in [0.29, 0.717) is 17.9 Å². The van der Waals surface area contributed by atoms with E-state index >= 15 is 0 Å². The van der Waals surface area contributed by atoms with Crippen molar-refractivity contribution in [1.29, 1.82) is 0 Å². The van der Waals surface area contributed by atoms with Crippen molar-refractivity contribution in [3.05, 3.63) is 54.1 Å². The lowest BCUT2D eigenvalue weighted by Gasteiger charge is -2.17. The zero-order valence-corrected chi connectivity index (χ0v) is 14.8. The number of anilines is 3. The normalized spacial score (nSPS) is 13.3. The number of hydrogen-bond donors (Lipinski definition) is 2. The minimum atomic E-state index is -0.374. The largest absolute Gasteiger partial charge is 0.462 e. The zero-order valence-electron chi connectivity index (χ0n) is 14.8. The fraction of sp³-hybridized carbons (Fsp3) is 0.300. The van der Waals surface area contributed by atoms with E-state index in [4.69, 9.17) is 4.74 Å². The third-order valence-electron chi connectivity index (χ3n) is 4.25. The van der Waals surface area contributed by atoms with E-state index in [-0.39, 0.29) is 12.0 Å². The first-order valence-electron chi connectivity index (χ1n) is 8.86. The van der Waals surface area contributed by atoms with Gasteiger partial charge in [-0.3, -0.25) is 0 Å². The summed E-state index contributed by atoms with van der Waals surface area (Å²) in [6.07, 6.45) is 2.47. The van der Waals surface area contributed by atoms with Crippen molar-refractivity contribution in [1.82, 2.24) is 0 Å².